The van der Waals surface area contributed by atoms with E-state index < -0.39 is 34.2 Å². The lowest BCUT2D eigenvalue weighted by molar-refractivity contribution is -0.0222. The maximum absolute atomic E-state index is 14.0. The van der Waals surface area contributed by atoms with Gasteiger partial charge in [0.2, 0.25) is 16.0 Å². The number of amides is 1. The van der Waals surface area contributed by atoms with Crippen molar-refractivity contribution in [2.24, 2.45) is 5.41 Å². The minimum atomic E-state index is -3.81. The van der Waals surface area contributed by atoms with Crippen molar-refractivity contribution in [2.45, 2.75) is 57.8 Å². The fourth-order valence-electron chi connectivity index (χ4n) is 6.12. The van der Waals surface area contributed by atoms with Crippen LogP contribution in [0.3, 0.4) is 0 Å². The number of nitrogens with one attached hydrogen (secondary N) is 2. The molecule has 1 aromatic heterocycles. The second kappa shape index (κ2) is 10.8. The molecule has 11 nitrogen and oxygen atoms in total. The normalized spacial score (nSPS) is 20.7. The Balaban J connectivity index is 1.34. The number of ether oxygens (including phenoxy) is 1. The molecule has 0 radical (unpaired) electrons. The predicted molar refractivity (Wildman–Crippen MR) is 154 cm³/mol. The maximum atomic E-state index is 14.0. The first-order valence-electron chi connectivity index (χ1n) is 14.5. The Labute approximate surface area is 243 Å². The second-order valence-electron chi connectivity index (χ2n) is 11.8. The van der Waals surface area contributed by atoms with E-state index in [1.54, 1.807) is 24.0 Å². The van der Waals surface area contributed by atoms with Crippen molar-refractivity contribution in [1.82, 2.24) is 9.97 Å². The van der Waals surface area contributed by atoms with Gasteiger partial charge in [0.05, 0.1) is 30.3 Å². The Morgan fingerprint density at radius 2 is 1.74 bits per heavy atom. The summed E-state index contributed by atoms with van der Waals surface area (Å²) in [4.78, 5) is 26.7. The lowest BCUT2D eigenvalue weighted by atomic mass is 9.92. The van der Waals surface area contributed by atoms with E-state index >= 15 is 0 Å². The molecule has 228 valence electrons. The third-order valence-electron chi connectivity index (χ3n) is 8.80. The Bertz CT molecular complexity index is 1480. The van der Waals surface area contributed by atoms with Crippen LogP contribution in [0.5, 0.6) is 5.75 Å². The average Bonchev–Trinajstić information content (AvgIpc) is 3.48. The highest BCUT2D eigenvalue weighted by Gasteiger charge is 2.45. The third kappa shape index (κ3) is 5.96. The molecule has 1 amide bonds. The number of aliphatic hydroxyl groups is 1. The van der Waals surface area contributed by atoms with E-state index in [1.165, 1.54) is 12.8 Å². The fourth-order valence-corrected chi connectivity index (χ4v) is 6.98. The molecule has 6 rings (SSSR count). The Morgan fingerprint density at radius 3 is 2.40 bits per heavy atom. The molecule has 4 heterocycles. The van der Waals surface area contributed by atoms with Crippen LogP contribution in [0.15, 0.2) is 12.1 Å². The molecule has 42 heavy (non-hydrogen) atoms. The molecule has 2 saturated heterocycles. The lowest BCUT2D eigenvalue weighted by Gasteiger charge is -2.35. The standard InChI is InChI=1S/C28H36F2N6O5S/c1-18-16-22(33-26(31-18)36-11-7-28(29,30)8-12-36)32-25(38)23-21(35-9-5-27(3-4-27)6-10-35)17-20(19-2-14-41-24(19)23)34-42(39,40)15-13-37/h16-17,34,37H,2-15H2,1H3,(H,31,32,33,38). The minimum absolute atomic E-state index is 0.111. The lowest BCUT2D eigenvalue weighted by Crippen LogP contribution is -2.40. The van der Waals surface area contributed by atoms with Crippen LogP contribution in [0.4, 0.5) is 31.9 Å². The summed E-state index contributed by atoms with van der Waals surface area (Å²) >= 11 is 0. The summed E-state index contributed by atoms with van der Waals surface area (Å²) in [6.07, 6.45) is 4.22. The molecule has 0 bridgehead atoms. The largest absolute Gasteiger partial charge is 0.492 e. The number of hydrogen-bond acceptors (Lipinski definition) is 9. The Morgan fingerprint density at radius 1 is 1.05 bits per heavy atom. The molecule has 4 aliphatic rings. The van der Waals surface area contributed by atoms with Crippen LogP contribution >= 0.6 is 0 Å². The van der Waals surface area contributed by atoms with Gasteiger partial charge in [0, 0.05) is 62.8 Å². The van der Waals surface area contributed by atoms with Crippen molar-refractivity contribution in [3.05, 3.63) is 29.0 Å². The molecular weight excluding hydrogens is 570 g/mol. The number of hydrogen-bond donors (Lipinski definition) is 3. The number of alkyl halides is 2. The summed E-state index contributed by atoms with van der Waals surface area (Å²) in [6.45, 7) is 3.18. The number of fused-ring (bicyclic) bond motifs is 1. The number of carbonyl (C=O) groups excluding carboxylic acids is 1. The number of rotatable bonds is 8. The number of halogens is 2. The highest BCUT2D eigenvalue weighted by Crippen LogP contribution is 2.54. The monoisotopic (exact) mass is 606 g/mol. The molecule has 0 unspecified atom stereocenters. The molecule has 1 saturated carbocycles. The first-order valence-corrected chi connectivity index (χ1v) is 16.1. The van der Waals surface area contributed by atoms with Crippen molar-refractivity contribution in [2.75, 3.05) is 65.0 Å². The molecule has 3 fully saturated rings. The number of aryl methyl sites for hydroxylation is 1. The SMILES string of the molecule is Cc1cc(NC(=O)c2c(N3CCC4(CC3)CC4)cc(NS(=O)(=O)CCO)c3c2OCC3)nc(N2CCC(F)(F)CC2)n1. The molecule has 0 atom stereocenters. The summed E-state index contributed by atoms with van der Waals surface area (Å²) in [7, 11) is -3.81. The number of sulfonamides is 1. The molecule has 1 spiro atoms. The minimum Gasteiger partial charge on any atom is -0.492 e. The highest BCUT2D eigenvalue weighted by molar-refractivity contribution is 7.92. The van der Waals surface area contributed by atoms with Crippen LogP contribution in [-0.2, 0) is 16.4 Å². The molecule has 14 heteroatoms. The number of benzene rings is 1. The van der Waals surface area contributed by atoms with E-state index in [0.29, 0.717) is 45.8 Å². The summed E-state index contributed by atoms with van der Waals surface area (Å²) in [5.74, 6) is -2.78. The van der Waals surface area contributed by atoms with Crippen LogP contribution in [0, 0.1) is 12.3 Å². The molecule has 1 aliphatic carbocycles. The van der Waals surface area contributed by atoms with Gasteiger partial charge in [-0.2, -0.15) is 4.98 Å². The topological polar surface area (TPSA) is 137 Å². The summed E-state index contributed by atoms with van der Waals surface area (Å²) in [5, 5.41) is 12.1. The van der Waals surface area contributed by atoms with Crippen LogP contribution in [0.25, 0.3) is 0 Å². The zero-order valence-electron chi connectivity index (χ0n) is 23.6. The van der Waals surface area contributed by atoms with Crippen molar-refractivity contribution in [3.63, 3.8) is 0 Å². The highest BCUT2D eigenvalue weighted by atomic mass is 32.2. The van der Waals surface area contributed by atoms with E-state index in [-0.39, 0.29) is 44.3 Å². The van der Waals surface area contributed by atoms with Crippen LogP contribution < -0.4 is 24.6 Å². The third-order valence-corrected chi connectivity index (χ3v) is 10.0. The predicted octanol–water partition coefficient (Wildman–Crippen LogP) is 3.32. The van der Waals surface area contributed by atoms with Gasteiger partial charge in [-0.25, -0.2) is 22.2 Å². The zero-order valence-corrected chi connectivity index (χ0v) is 24.4. The van der Waals surface area contributed by atoms with E-state index in [9.17, 15) is 27.1 Å². The van der Waals surface area contributed by atoms with Crippen LogP contribution in [0.1, 0.15) is 60.1 Å². The van der Waals surface area contributed by atoms with Gasteiger partial charge < -0.3 is 25.0 Å². The van der Waals surface area contributed by atoms with E-state index in [4.69, 9.17) is 4.74 Å². The van der Waals surface area contributed by atoms with Gasteiger partial charge in [0.15, 0.2) is 0 Å². The fraction of sp³-hybridized carbons (Fsp3) is 0.607. The summed E-state index contributed by atoms with van der Waals surface area (Å²) in [5.41, 5.74) is 2.75. The average molecular weight is 607 g/mol. The quantitative estimate of drug-likeness (QED) is 0.413. The van der Waals surface area contributed by atoms with Crippen LogP contribution in [-0.4, -0.2) is 80.5 Å². The van der Waals surface area contributed by atoms with E-state index in [1.807, 2.05) is 0 Å². The molecule has 3 N–H and O–H groups in total. The maximum Gasteiger partial charge on any atom is 0.262 e. The van der Waals surface area contributed by atoms with Gasteiger partial charge in [-0.15, -0.1) is 0 Å². The Hall–Kier alpha value is -3.26. The van der Waals surface area contributed by atoms with Gasteiger partial charge in [0.1, 0.15) is 17.1 Å². The number of aliphatic hydroxyl groups excluding tert-OH is 1. The van der Waals surface area contributed by atoms with Gasteiger partial charge >= 0.3 is 0 Å². The van der Waals surface area contributed by atoms with Crippen molar-refractivity contribution < 1.29 is 31.8 Å². The number of aromatic nitrogens is 2. The van der Waals surface area contributed by atoms with Crippen molar-refractivity contribution in [3.8, 4) is 5.75 Å². The zero-order chi connectivity index (χ0) is 29.7. The molecular formula is C28H36F2N6O5S. The second-order valence-corrected chi connectivity index (χ2v) is 13.7. The van der Waals surface area contributed by atoms with Gasteiger partial charge in [0.25, 0.3) is 11.8 Å². The first-order chi connectivity index (χ1) is 20.0. The first kappa shape index (κ1) is 28.8. The number of anilines is 4. The number of piperidine rings is 2. The Kier molecular flexibility index (Phi) is 7.40. The smallest absolute Gasteiger partial charge is 0.262 e. The summed E-state index contributed by atoms with van der Waals surface area (Å²) < 4.78 is 61.2. The van der Waals surface area contributed by atoms with Gasteiger partial charge in [-0.05, 0) is 44.1 Å². The molecule has 2 aromatic rings. The molecule has 3 aliphatic heterocycles. The van der Waals surface area contributed by atoms with E-state index in [0.717, 1.165) is 25.9 Å². The number of nitrogens with zero attached hydrogens (tertiary/aromatic N) is 4. The number of carbonyl (C=O) groups is 1. The van der Waals surface area contributed by atoms with Crippen molar-refractivity contribution in [1.29, 1.82) is 0 Å². The van der Waals surface area contributed by atoms with Crippen LogP contribution in [0.2, 0.25) is 0 Å². The van der Waals surface area contributed by atoms with E-state index in [2.05, 4.69) is 24.9 Å². The van der Waals surface area contributed by atoms with Gasteiger partial charge in [-0.1, -0.05) is 0 Å². The van der Waals surface area contributed by atoms with Crippen molar-refractivity contribution >= 4 is 39.1 Å². The van der Waals surface area contributed by atoms with Gasteiger partial charge in [-0.3, -0.25) is 9.52 Å². The summed E-state index contributed by atoms with van der Waals surface area (Å²) in [6, 6.07) is 3.32. The molecule has 1 aromatic carbocycles.